The van der Waals surface area contributed by atoms with E-state index in [1.165, 1.54) is 6.07 Å². The predicted molar refractivity (Wildman–Crippen MR) is 94.8 cm³/mol. The van der Waals surface area contributed by atoms with Gasteiger partial charge in [-0.1, -0.05) is 6.92 Å². The predicted octanol–water partition coefficient (Wildman–Crippen LogP) is 2.48. The summed E-state index contributed by atoms with van der Waals surface area (Å²) in [6.45, 7) is 5.85. The minimum Gasteiger partial charge on any atom is -0.353 e. The number of anilines is 1. The van der Waals surface area contributed by atoms with Crippen LogP contribution in [0.2, 0.25) is 0 Å². The van der Waals surface area contributed by atoms with Crippen LogP contribution in [0.5, 0.6) is 0 Å². The van der Waals surface area contributed by atoms with Gasteiger partial charge in [0.15, 0.2) is 5.65 Å². The first-order valence-corrected chi connectivity index (χ1v) is 9.52. The Balaban J connectivity index is 1.44. The minimum absolute atomic E-state index is 0.0833. The van der Waals surface area contributed by atoms with Crippen LogP contribution in [0.1, 0.15) is 23.4 Å². The molecule has 0 saturated carbocycles. The van der Waals surface area contributed by atoms with Crippen molar-refractivity contribution in [3.05, 3.63) is 34.0 Å². The maximum atomic E-state index is 13.0. The Kier molecular flexibility index (Phi) is 4.72. The van der Waals surface area contributed by atoms with Crippen molar-refractivity contribution in [3.8, 4) is 0 Å². The molecule has 11 heteroatoms. The van der Waals surface area contributed by atoms with E-state index in [2.05, 4.69) is 37.5 Å². The molecule has 3 aromatic rings. The molecule has 7 nitrogen and oxygen atoms in total. The van der Waals surface area contributed by atoms with Crippen molar-refractivity contribution < 1.29 is 13.2 Å². The third-order valence-electron chi connectivity index (χ3n) is 4.49. The lowest BCUT2D eigenvalue weighted by Crippen LogP contribution is -2.46. The molecule has 4 rings (SSSR count). The van der Waals surface area contributed by atoms with Gasteiger partial charge < -0.3 is 4.90 Å². The van der Waals surface area contributed by atoms with Crippen LogP contribution < -0.4 is 4.90 Å². The molecule has 0 aliphatic carbocycles. The van der Waals surface area contributed by atoms with Crippen LogP contribution in [-0.2, 0) is 19.1 Å². The molecule has 0 radical (unpaired) electrons. The van der Waals surface area contributed by atoms with E-state index in [4.69, 9.17) is 0 Å². The van der Waals surface area contributed by atoms with Crippen LogP contribution >= 0.6 is 11.3 Å². The van der Waals surface area contributed by atoms with E-state index in [0.717, 1.165) is 41.3 Å². The van der Waals surface area contributed by atoms with E-state index in [1.807, 2.05) is 4.90 Å². The van der Waals surface area contributed by atoms with Crippen LogP contribution in [0.4, 0.5) is 19.0 Å². The number of hydrogen-bond donors (Lipinski definition) is 0. The molecule has 27 heavy (non-hydrogen) atoms. The van der Waals surface area contributed by atoms with Gasteiger partial charge in [-0.15, -0.1) is 26.6 Å². The molecule has 3 aromatic heterocycles. The van der Waals surface area contributed by atoms with Gasteiger partial charge in [-0.2, -0.15) is 17.7 Å². The molecular weight excluding hydrogens is 379 g/mol. The lowest BCUT2D eigenvalue weighted by atomic mass is 10.3. The average Bonchev–Trinajstić information content (AvgIpc) is 3.28. The summed E-state index contributed by atoms with van der Waals surface area (Å²) in [5.74, 6) is -0.609. The fourth-order valence-electron chi connectivity index (χ4n) is 3.07. The molecule has 0 N–H and O–H groups in total. The van der Waals surface area contributed by atoms with E-state index >= 15 is 0 Å². The monoisotopic (exact) mass is 397 g/mol. The maximum absolute atomic E-state index is 13.0. The molecule has 1 fully saturated rings. The highest BCUT2D eigenvalue weighted by molar-refractivity contribution is 7.09. The van der Waals surface area contributed by atoms with Gasteiger partial charge in [0.05, 0.1) is 10.7 Å². The van der Waals surface area contributed by atoms with Crippen molar-refractivity contribution >= 4 is 22.8 Å². The van der Waals surface area contributed by atoms with Crippen molar-refractivity contribution in [1.29, 1.82) is 0 Å². The number of thiazole rings is 1. The fourth-order valence-corrected chi connectivity index (χ4v) is 3.81. The van der Waals surface area contributed by atoms with Crippen molar-refractivity contribution in [2.45, 2.75) is 26.1 Å². The van der Waals surface area contributed by atoms with E-state index < -0.39 is 12.0 Å². The number of halogens is 3. The van der Waals surface area contributed by atoms with E-state index in [1.54, 1.807) is 17.4 Å². The molecular formula is C16H18F3N7S. The van der Waals surface area contributed by atoms with Gasteiger partial charge in [-0.3, -0.25) is 4.90 Å². The molecule has 0 unspecified atom stereocenters. The average molecular weight is 397 g/mol. The van der Waals surface area contributed by atoms with Crippen LogP contribution in [0, 0.1) is 0 Å². The Hall–Kier alpha value is -2.27. The van der Waals surface area contributed by atoms with Gasteiger partial charge in [0.1, 0.15) is 5.82 Å². The topological polar surface area (TPSA) is 62.5 Å². The second-order valence-corrected chi connectivity index (χ2v) is 7.27. The van der Waals surface area contributed by atoms with Crippen LogP contribution in [0.25, 0.3) is 5.65 Å². The minimum atomic E-state index is -4.59. The van der Waals surface area contributed by atoms with Gasteiger partial charge in [0.2, 0.25) is 0 Å². The zero-order valence-electron chi connectivity index (χ0n) is 14.6. The highest BCUT2D eigenvalue weighted by Crippen LogP contribution is 2.28. The molecule has 1 aliphatic rings. The normalized spacial score (nSPS) is 16.4. The van der Waals surface area contributed by atoms with Gasteiger partial charge in [0, 0.05) is 38.1 Å². The van der Waals surface area contributed by atoms with Crippen molar-refractivity contribution in [2.75, 3.05) is 31.1 Å². The van der Waals surface area contributed by atoms with Gasteiger partial charge in [-0.05, 0) is 18.6 Å². The first-order valence-electron chi connectivity index (χ1n) is 8.64. The van der Waals surface area contributed by atoms with Crippen molar-refractivity contribution in [2.24, 2.45) is 0 Å². The maximum Gasteiger partial charge on any atom is 0.453 e. The largest absolute Gasteiger partial charge is 0.453 e. The van der Waals surface area contributed by atoms with Gasteiger partial charge in [0.25, 0.3) is 5.82 Å². The lowest BCUT2D eigenvalue weighted by Gasteiger charge is -2.34. The number of hydrogen-bond acceptors (Lipinski definition) is 7. The summed E-state index contributed by atoms with van der Waals surface area (Å²) >= 11 is 1.68. The summed E-state index contributed by atoms with van der Waals surface area (Å²) in [7, 11) is 0. The number of rotatable bonds is 4. The number of nitrogens with zero attached hydrogens (tertiary/aromatic N) is 7. The molecule has 0 atom stereocenters. The third kappa shape index (κ3) is 3.74. The second kappa shape index (κ2) is 7.04. The highest BCUT2D eigenvalue weighted by atomic mass is 32.1. The summed E-state index contributed by atoms with van der Waals surface area (Å²) in [5.41, 5.74) is 1.16. The second-order valence-electron chi connectivity index (χ2n) is 6.33. The molecule has 0 bridgehead atoms. The molecule has 0 amide bonds. The summed E-state index contributed by atoms with van der Waals surface area (Å²) in [6.07, 6.45) is -3.65. The zero-order chi connectivity index (χ0) is 19.0. The molecule has 0 aromatic carbocycles. The number of aromatic nitrogens is 5. The Morgan fingerprint density at radius 3 is 2.56 bits per heavy atom. The SMILES string of the molecule is CCc1nc(CN2CCN(c3ccc4nnc(C(F)(F)F)n4n3)CC2)cs1. The lowest BCUT2D eigenvalue weighted by molar-refractivity contribution is -0.146. The van der Waals surface area contributed by atoms with Crippen molar-refractivity contribution in [3.63, 3.8) is 0 Å². The van der Waals surface area contributed by atoms with E-state index in [-0.39, 0.29) is 5.65 Å². The Labute approximate surface area is 157 Å². The number of aryl methyl sites for hydroxylation is 1. The Morgan fingerprint density at radius 2 is 1.89 bits per heavy atom. The first kappa shape index (κ1) is 18.1. The van der Waals surface area contributed by atoms with Crippen LogP contribution in [-0.4, -0.2) is 55.9 Å². The van der Waals surface area contributed by atoms with E-state index in [0.29, 0.717) is 18.9 Å². The molecule has 1 saturated heterocycles. The van der Waals surface area contributed by atoms with Gasteiger partial charge >= 0.3 is 6.18 Å². The molecule has 4 heterocycles. The van der Waals surface area contributed by atoms with Gasteiger partial charge in [-0.25, -0.2) is 4.98 Å². The standard InChI is InChI=1S/C16H18F3N7S/c1-2-14-20-11(10-27-14)9-24-5-7-25(8-6-24)13-4-3-12-21-22-15(16(17,18)19)26(12)23-13/h3-4,10H,2,5-9H2,1H3. The zero-order valence-corrected chi connectivity index (χ0v) is 15.5. The van der Waals surface area contributed by atoms with Crippen LogP contribution in [0.15, 0.2) is 17.5 Å². The Morgan fingerprint density at radius 1 is 1.11 bits per heavy atom. The number of alkyl halides is 3. The Bertz CT molecular complexity index is 928. The van der Waals surface area contributed by atoms with Crippen LogP contribution in [0.3, 0.4) is 0 Å². The quantitative estimate of drug-likeness (QED) is 0.674. The first-order chi connectivity index (χ1) is 12.9. The number of piperazine rings is 1. The molecule has 144 valence electrons. The smallest absolute Gasteiger partial charge is 0.353 e. The fraction of sp³-hybridized carbons (Fsp3) is 0.500. The summed E-state index contributed by atoms with van der Waals surface area (Å²) < 4.78 is 39.8. The highest BCUT2D eigenvalue weighted by Gasteiger charge is 2.37. The molecule has 0 spiro atoms. The molecule has 1 aliphatic heterocycles. The summed E-state index contributed by atoms with van der Waals surface area (Å²) in [5, 5.41) is 14.1. The van der Waals surface area contributed by atoms with Crippen molar-refractivity contribution in [1.82, 2.24) is 29.7 Å². The number of fused-ring (bicyclic) bond motifs is 1. The third-order valence-corrected chi connectivity index (χ3v) is 5.53. The summed E-state index contributed by atoms with van der Waals surface area (Å²) in [6, 6.07) is 3.20. The van der Waals surface area contributed by atoms with E-state index in [9.17, 15) is 13.2 Å². The summed E-state index contributed by atoms with van der Waals surface area (Å²) in [4.78, 5) is 8.86.